The smallest absolute Gasteiger partial charge is 0.186 e. The molecule has 0 unspecified atom stereocenters. The Kier molecular flexibility index (Phi) is 4.56. The number of aryl methyl sites for hydroxylation is 1. The third-order valence-electron chi connectivity index (χ3n) is 1.89. The first-order valence-corrected chi connectivity index (χ1v) is 5.64. The maximum absolute atomic E-state index is 13.1. The van der Waals surface area contributed by atoms with Crippen molar-refractivity contribution in [3.63, 3.8) is 0 Å². The van der Waals surface area contributed by atoms with Crippen LogP contribution in [0, 0.1) is 12.7 Å². The quantitative estimate of drug-likeness (QED) is 0.782. The molecule has 0 aliphatic heterocycles. The topological polar surface area (TPSA) is 17.1 Å². The number of hydrogen-bond acceptors (Lipinski definition) is 2. The summed E-state index contributed by atoms with van der Waals surface area (Å²) in [7, 11) is 0. The molecule has 15 heavy (non-hydrogen) atoms. The minimum atomic E-state index is -0.198. The van der Waals surface area contributed by atoms with Crippen molar-refractivity contribution in [3.05, 3.63) is 41.2 Å². The zero-order valence-corrected chi connectivity index (χ0v) is 9.60. The fourth-order valence-corrected chi connectivity index (χ4v) is 1.49. The van der Waals surface area contributed by atoms with Gasteiger partial charge in [-0.3, -0.25) is 4.79 Å². The Morgan fingerprint density at radius 2 is 2.27 bits per heavy atom. The lowest BCUT2D eigenvalue weighted by molar-refractivity contribution is -0.109. The van der Waals surface area contributed by atoms with Gasteiger partial charge in [0.05, 0.1) is 0 Å². The van der Waals surface area contributed by atoms with E-state index in [1.807, 2.05) is 18.2 Å². The SMILES string of the molecule is CC(=O)SCC=Cc1ccc(C)c(F)c1. The molecule has 1 rings (SSSR count). The molecule has 0 N–H and O–H groups in total. The van der Waals surface area contributed by atoms with Crippen LogP contribution in [-0.2, 0) is 4.79 Å². The van der Waals surface area contributed by atoms with Crippen molar-refractivity contribution >= 4 is 23.0 Å². The molecule has 0 bridgehead atoms. The number of benzene rings is 1. The minimum Gasteiger partial charge on any atom is -0.288 e. The summed E-state index contributed by atoms with van der Waals surface area (Å²) < 4.78 is 13.1. The molecule has 0 saturated heterocycles. The van der Waals surface area contributed by atoms with Gasteiger partial charge in [-0.05, 0) is 24.1 Å². The highest BCUT2D eigenvalue weighted by Gasteiger charge is 1.96. The van der Waals surface area contributed by atoms with Gasteiger partial charge in [0.15, 0.2) is 5.12 Å². The Bertz CT molecular complexity index is 385. The number of thioether (sulfide) groups is 1. The van der Waals surface area contributed by atoms with Crippen molar-refractivity contribution < 1.29 is 9.18 Å². The summed E-state index contributed by atoms with van der Waals surface area (Å²) in [5.41, 5.74) is 1.47. The van der Waals surface area contributed by atoms with Crippen LogP contribution in [0.3, 0.4) is 0 Å². The lowest BCUT2D eigenvalue weighted by atomic mass is 10.1. The monoisotopic (exact) mass is 224 g/mol. The molecule has 0 aromatic heterocycles. The highest BCUT2D eigenvalue weighted by atomic mass is 32.2. The summed E-state index contributed by atoms with van der Waals surface area (Å²) in [6.45, 7) is 3.26. The number of halogens is 1. The number of carbonyl (C=O) groups excluding carboxylic acids is 1. The molecule has 0 aliphatic carbocycles. The van der Waals surface area contributed by atoms with Crippen molar-refractivity contribution in [1.29, 1.82) is 0 Å². The van der Waals surface area contributed by atoms with Gasteiger partial charge in [0.25, 0.3) is 0 Å². The summed E-state index contributed by atoms with van der Waals surface area (Å²) in [6.07, 6.45) is 3.68. The molecule has 0 fully saturated rings. The van der Waals surface area contributed by atoms with E-state index >= 15 is 0 Å². The van der Waals surface area contributed by atoms with E-state index in [9.17, 15) is 9.18 Å². The van der Waals surface area contributed by atoms with Gasteiger partial charge in [-0.1, -0.05) is 36.0 Å². The summed E-state index contributed by atoms with van der Waals surface area (Å²) in [5.74, 6) is 0.432. The standard InChI is InChI=1S/C12H13FOS/c1-9-5-6-11(8-12(9)13)4-3-7-15-10(2)14/h3-6,8H,7H2,1-2H3. The summed E-state index contributed by atoms with van der Waals surface area (Å²) >= 11 is 1.24. The zero-order valence-electron chi connectivity index (χ0n) is 8.79. The Morgan fingerprint density at radius 3 is 2.87 bits per heavy atom. The minimum absolute atomic E-state index is 0.0923. The predicted molar refractivity (Wildman–Crippen MR) is 63.3 cm³/mol. The first-order valence-electron chi connectivity index (χ1n) is 4.65. The van der Waals surface area contributed by atoms with Gasteiger partial charge in [-0.25, -0.2) is 4.39 Å². The molecule has 0 spiro atoms. The molecule has 80 valence electrons. The van der Waals surface area contributed by atoms with Crippen LogP contribution in [0.2, 0.25) is 0 Å². The van der Waals surface area contributed by atoms with Crippen molar-refractivity contribution in [2.24, 2.45) is 0 Å². The van der Waals surface area contributed by atoms with Gasteiger partial charge in [-0.2, -0.15) is 0 Å². The Morgan fingerprint density at radius 1 is 1.53 bits per heavy atom. The molecule has 0 heterocycles. The lowest BCUT2D eigenvalue weighted by Crippen LogP contribution is -1.84. The Balaban J connectivity index is 2.57. The zero-order chi connectivity index (χ0) is 11.3. The third kappa shape index (κ3) is 4.30. The fraction of sp³-hybridized carbons (Fsp3) is 0.250. The van der Waals surface area contributed by atoms with E-state index in [0.29, 0.717) is 11.3 Å². The van der Waals surface area contributed by atoms with E-state index < -0.39 is 0 Å². The molecule has 0 aliphatic rings. The Hall–Kier alpha value is -1.09. The summed E-state index contributed by atoms with van der Waals surface area (Å²) in [4.78, 5) is 10.6. The van der Waals surface area contributed by atoms with Crippen LogP contribution >= 0.6 is 11.8 Å². The van der Waals surface area contributed by atoms with E-state index in [0.717, 1.165) is 5.56 Å². The second-order valence-corrected chi connectivity index (χ2v) is 4.41. The molecule has 0 amide bonds. The second-order valence-electron chi connectivity index (χ2n) is 3.21. The van der Waals surface area contributed by atoms with Crippen LogP contribution in [0.25, 0.3) is 6.08 Å². The lowest BCUT2D eigenvalue weighted by Gasteiger charge is -1.97. The maximum atomic E-state index is 13.1. The summed E-state index contributed by atoms with van der Waals surface area (Å²) in [5, 5.41) is 0.0923. The largest absolute Gasteiger partial charge is 0.288 e. The third-order valence-corrected chi connectivity index (χ3v) is 2.65. The van der Waals surface area contributed by atoms with Gasteiger partial charge >= 0.3 is 0 Å². The molecular weight excluding hydrogens is 211 g/mol. The van der Waals surface area contributed by atoms with Crippen LogP contribution in [0.15, 0.2) is 24.3 Å². The van der Waals surface area contributed by atoms with E-state index in [4.69, 9.17) is 0 Å². The van der Waals surface area contributed by atoms with Crippen LogP contribution in [0.1, 0.15) is 18.1 Å². The van der Waals surface area contributed by atoms with Crippen molar-refractivity contribution in [2.75, 3.05) is 5.75 Å². The molecule has 1 aromatic rings. The molecule has 0 saturated carbocycles. The van der Waals surface area contributed by atoms with Gasteiger partial charge in [-0.15, -0.1) is 0 Å². The number of carbonyl (C=O) groups is 1. The first kappa shape index (κ1) is 12.0. The van der Waals surface area contributed by atoms with Crippen molar-refractivity contribution in [1.82, 2.24) is 0 Å². The van der Waals surface area contributed by atoms with Gasteiger partial charge in [0.2, 0.25) is 0 Å². The van der Waals surface area contributed by atoms with Crippen LogP contribution in [0.4, 0.5) is 4.39 Å². The fourth-order valence-electron chi connectivity index (χ4n) is 1.06. The second kappa shape index (κ2) is 5.71. The van der Waals surface area contributed by atoms with Gasteiger partial charge < -0.3 is 0 Å². The van der Waals surface area contributed by atoms with Crippen molar-refractivity contribution in [2.45, 2.75) is 13.8 Å². The van der Waals surface area contributed by atoms with Gasteiger partial charge in [0, 0.05) is 12.7 Å². The highest BCUT2D eigenvalue weighted by molar-refractivity contribution is 8.13. The molecule has 1 aromatic carbocycles. The van der Waals surface area contributed by atoms with Crippen LogP contribution in [0.5, 0.6) is 0 Å². The predicted octanol–water partition coefficient (Wildman–Crippen LogP) is 3.43. The number of hydrogen-bond donors (Lipinski definition) is 0. The molecule has 0 radical (unpaired) electrons. The molecule has 1 nitrogen and oxygen atoms in total. The van der Waals surface area contributed by atoms with Gasteiger partial charge in [0.1, 0.15) is 5.82 Å². The average Bonchev–Trinajstić information content (AvgIpc) is 2.18. The van der Waals surface area contributed by atoms with E-state index in [-0.39, 0.29) is 10.9 Å². The molecule has 0 atom stereocenters. The van der Waals surface area contributed by atoms with Crippen LogP contribution in [-0.4, -0.2) is 10.9 Å². The van der Waals surface area contributed by atoms with Crippen molar-refractivity contribution in [3.8, 4) is 0 Å². The van der Waals surface area contributed by atoms with E-state index in [2.05, 4.69) is 0 Å². The van der Waals surface area contributed by atoms with Crippen LogP contribution < -0.4 is 0 Å². The molecule has 3 heteroatoms. The average molecular weight is 224 g/mol. The highest BCUT2D eigenvalue weighted by Crippen LogP contribution is 2.11. The molecular formula is C12H13FOS. The van der Waals surface area contributed by atoms with E-state index in [1.165, 1.54) is 24.8 Å². The number of rotatable bonds is 3. The Labute approximate surface area is 93.4 Å². The normalized spacial score (nSPS) is 10.9. The summed E-state index contributed by atoms with van der Waals surface area (Å²) in [6, 6.07) is 5.09. The maximum Gasteiger partial charge on any atom is 0.186 e. The first-order chi connectivity index (χ1) is 7.09. The van der Waals surface area contributed by atoms with E-state index in [1.54, 1.807) is 13.0 Å².